The predicted octanol–water partition coefficient (Wildman–Crippen LogP) is 3.09. The van der Waals surface area contributed by atoms with Crippen molar-refractivity contribution in [2.75, 3.05) is 24.4 Å². The zero-order valence-electron chi connectivity index (χ0n) is 14.8. The van der Waals surface area contributed by atoms with Gasteiger partial charge in [-0.1, -0.05) is 0 Å². The molecule has 2 aromatic heterocycles. The molecule has 0 unspecified atom stereocenters. The Hall–Kier alpha value is -3.04. The second kappa shape index (κ2) is 7.89. The van der Waals surface area contributed by atoms with Crippen LogP contribution in [-0.2, 0) is 10.7 Å². The van der Waals surface area contributed by atoms with E-state index in [4.69, 9.17) is 9.47 Å². The average molecular weight is 367 g/mol. The van der Waals surface area contributed by atoms with Crippen LogP contribution in [0.5, 0.6) is 11.5 Å². The number of rotatable bonds is 7. The number of methoxy groups -OCH3 is 1. The molecule has 8 nitrogen and oxygen atoms in total. The van der Waals surface area contributed by atoms with Gasteiger partial charge >= 0.3 is 5.92 Å². The number of anilines is 3. The number of nitrogens with one attached hydrogen (secondary N) is 2. The summed E-state index contributed by atoms with van der Waals surface area (Å²) in [6, 6.07) is 1.50. The maximum Gasteiger partial charge on any atom is 0.303 e. The largest absolute Gasteiger partial charge is 0.491 e. The fourth-order valence-corrected chi connectivity index (χ4v) is 2.01. The second-order valence-electron chi connectivity index (χ2n) is 5.30. The van der Waals surface area contributed by atoms with E-state index in [1.165, 1.54) is 26.3 Å². The quantitative estimate of drug-likeness (QED) is 0.776. The average Bonchev–Trinajstić information content (AvgIpc) is 2.56. The lowest BCUT2D eigenvalue weighted by atomic mass is 10.3. The molecule has 0 aliphatic rings. The molecule has 2 heterocycles. The molecule has 2 rings (SSSR count). The van der Waals surface area contributed by atoms with Gasteiger partial charge in [-0.25, -0.2) is 15.0 Å². The van der Waals surface area contributed by atoms with Crippen molar-refractivity contribution in [3.05, 3.63) is 24.3 Å². The summed E-state index contributed by atoms with van der Waals surface area (Å²) in [5, 5.41) is 5.41. The van der Waals surface area contributed by atoms with Gasteiger partial charge in [-0.3, -0.25) is 4.79 Å². The summed E-state index contributed by atoms with van der Waals surface area (Å²) in [6.45, 7) is 4.18. The van der Waals surface area contributed by atoms with Crippen LogP contribution in [0.1, 0.15) is 26.6 Å². The fourth-order valence-electron chi connectivity index (χ4n) is 2.01. The summed E-state index contributed by atoms with van der Waals surface area (Å²) >= 11 is 0. The molecule has 26 heavy (non-hydrogen) atoms. The van der Waals surface area contributed by atoms with E-state index in [-0.39, 0.29) is 23.3 Å². The molecule has 0 aliphatic carbocycles. The van der Waals surface area contributed by atoms with E-state index < -0.39 is 11.7 Å². The molecule has 0 bridgehead atoms. The number of pyridine rings is 1. The van der Waals surface area contributed by atoms with Crippen molar-refractivity contribution >= 4 is 23.2 Å². The molecule has 140 valence electrons. The van der Waals surface area contributed by atoms with Crippen LogP contribution in [-0.4, -0.2) is 34.6 Å². The minimum Gasteiger partial charge on any atom is -0.491 e. The Bertz CT molecular complexity index is 796. The highest BCUT2D eigenvalue weighted by Crippen LogP contribution is 2.34. The van der Waals surface area contributed by atoms with Gasteiger partial charge in [-0.15, -0.1) is 0 Å². The Labute approximate surface area is 149 Å². The van der Waals surface area contributed by atoms with E-state index in [2.05, 4.69) is 25.6 Å². The first-order chi connectivity index (χ1) is 12.2. The lowest BCUT2D eigenvalue weighted by Crippen LogP contribution is -2.14. The molecule has 10 heteroatoms. The molecule has 0 saturated carbocycles. The molecule has 2 N–H and O–H groups in total. The molecule has 0 saturated heterocycles. The van der Waals surface area contributed by atoms with Crippen LogP contribution in [0, 0.1) is 0 Å². The van der Waals surface area contributed by atoms with E-state index in [0.717, 1.165) is 6.20 Å². The van der Waals surface area contributed by atoms with Crippen LogP contribution in [0.4, 0.5) is 26.1 Å². The van der Waals surface area contributed by atoms with Gasteiger partial charge in [0.2, 0.25) is 11.7 Å². The van der Waals surface area contributed by atoms with Gasteiger partial charge < -0.3 is 20.1 Å². The van der Waals surface area contributed by atoms with E-state index in [9.17, 15) is 13.6 Å². The van der Waals surface area contributed by atoms with Gasteiger partial charge in [-0.05, 0) is 6.92 Å². The Balaban J connectivity index is 2.46. The third kappa shape index (κ3) is 4.74. The molecule has 0 atom stereocenters. The normalized spacial score (nSPS) is 11.0. The smallest absolute Gasteiger partial charge is 0.303 e. The van der Waals surface area contributed by atoms with Crippen LogP contribution in [0.3, 0.4) is 0 Å². The minimum absolute atomic E-state index is 0.0277. The summed E-state index contributed by atoms with van der Waals surface area (Å²) in [4.78, 5) is 22.7. The van der Waals surface area contributed by atoms with E-state index in [1.807, 2.05) is 0 Å². The van der Waals surface area contributed by atoms with Crippen LogP contribution in [0.2, 0.25) is 0 Å². The molecular weight excluding hydrogens is 348 g/mol. The van der Waals surface area contributed by atoms with Gasteiger partial charge in [-0.2, -0.15) is 8.78 Å². The third-order valence-electron chi connectivity index (χ3n) is 3.09. The van der Waals surface area contributed by atoms with Gasteiger partial charge in [0.15, 0.2) is 17.3 Å². The summed E-state index contributed by atoms with van der Waals surface area (Å²) < 4.78 is 37.7. The van der Waals surface area contributed by atoms with Crippen molar-refractivity contribution in [1.29, 1.82) is 0 Å². The van der Waals surface area contributed by atoms with E-state index in [1.54, 1.807) is 6.92 Å². The lowest BCUT2D eigenvalue weighted by molar-refractivity contribution is -0.114. The maximum absolute atomic E-state index is 13.5. The number of hydrogen-bond donors (Lipinski definition) is 2. The number of aromatic nitrogens is 3. The van der Waals surface area contributed by atoms with Crippen molar-refractivity contribution in [3.8, 4) is 11.5 Å². The fraction of sp³-hybridized carbons (Fsp3) is 0.375. The molecular formula is C16H19F2N5O3. The Morgan fingerprint density at radius 1 is 1.27 bits per heavy atom. The predicted molar refractivity (Wildman–Crippen MR) is 91.1 cm³/mol. The van der Waals surface area contributed by atoms with Crippen molar-refractivity contribution in [1.82, 2.24) is 15.0 Å². The van der Waals surface area contributed by atoms with Crippen molar-refractivity contribution in [2.45, 2.75) is 26.7 Å². The third-order valence-corrected chi connectivity index (χ3v) is 3.09. The second-order valence-corrected chi connectivity index (χ2v) is 5.30. The molecule has 0 radical (unpaired) electrons. The van der Waals surface area contributed by atoms with Crippen molar-refractivity contribution in [3.63, 3.8) is 0 Å². The number of carbonyl (C=O) groups is 1. The zero-order valence-corrected chi connectivity index (χ0v) is 14.8. The highest BCUT2D eigenvalue weighted by atomic mass is 19.3. The highest BCUT2D eigenvalue weighted by molar-refractivity contribution is 5.88. The molecule has 0 spiro atoms. The first kappa shape index (κ1) is 19.3. The zero-order chi connectivity index (χ0) is 19.3. The number of ether oxygens (including phenoxy) is 2. The number of carbonyl (C=O) groups excluding carboxylic acids is 1. The van der Waals surface area contributed by atoms with Crippen LogP contribution >= 0.6 is 0 Å². The van der Waals surface area contributed by atoms with E-state index >= 15 is 0 Å². The number of nitrogens with zero attached hydrogens (tertiary/aromatic N) is 3. The van der Waals surface area contributed by atoms with Crippen LogP contribution in [0.25, 0.3) is 0 Å². The monoisotopic (exact) mass is 367 g/mol. The first-order valence-electron chi connectivity index (χ1n) is 7.71. The van der Waals surface area contributed by atoms with Crippen LogP contribution < -0.4 is 20.1 Å². The number of amides is 1. The van der Waals surface area contributed by atoms with Crippen molar-refractivity contribution < 1.29 is 23.0 Å². The minimum atomic E-state index is -3.22. The van der Waals surface area contributed by atoms with Gasteiger partial charge in [0.1, 0.15) is 5.82 Å². The first-order valence-corrected chi connectivity index (χ1v) is 7.71. The summed E-state index contributed by atoms with van der Waals surface area (Å²) in [5.74, 6) is -3.37. The molecule has 0 aliphatic heterocycles. The molecule has 0 aromatic carbocycles. The van der Waals surface area contributed by atoms with Gasteiger partial charge in [0.25, 0.3) is 0 Å². The standard InChI is InChI=1S/C16H19F2N5O3/c1-5-26-11-7-19-13(21-9(2)24)6-10(11)22-14-12(25-4)8-20-15(23-14)16(3,17)18/h6-8H,5H2,1-4H3,(H2,19,20,21,22,23,24). The van der Waals surface area contributed by atoms with Crippen molar-refractivity contribution in [2.24, 2.45) is 0 Å². The highest BCUT2D eigenvalue weighted by Gasteiger charge is 2.29. The summed E-state index contributed by atoms with van der Waals surface area (Å²) in [5.41, 5.74) is 0.368. The molecule has 1 amide bonds. The van der Waals surface area contributed by atoms with Gasteiger partial charge in [0, 0.05) is 19.9 Å². The SMILES string of the molecule is CCOc1cnc(NC(C)=O)cc1Nc1nc(C(C)(F)F)ncc1OC. The van der Waals surface area contributed by atoms with E-state index in [0.29, 0.717) is 25.0 Å². The number of hydrogen-bond acceptors (Lipinski definition) is 7. The Kier molecular flexibility index (Phi) is 5.86. The van der Waals surface area contributed by atoms with Gasteiger partial charge in [0.05, 0.1) is 31.8 Å². The van der Waals surface area contributed by atoms with Crippen LogP contribution in [0.15, 0.2) is 18.5 Å². The summed E-state index contributed by atoms with van der Waals surface area (Å²) in [6.07, 6.45) is 2.55. The number of halogens is 2. The molecule has 0 fully saturated rings. The molecule has 2 aromatic rings. The topological polar surface area (TPSA) is 98.3 Å². The summed E-state index contributed by atoms with van der Waals surface area (Å²) in [7, 11) is 1.37. The maximum atomic E-state index is 13.5. The Morgan fingerprint density at radius 3 is 2.54 bits per heavy atom. The Morgan fingerprint density at radius 2 is 1.96 bits per heavy atom. The lowest BCUT2D eigenvalue weighted by Gasteiger charge is -2.16. The number of alkyl halides is 2.